The van der Waals surface area contributed by atoms with Gasteiger partial charge in [-0.25, -0.2) is 5.43 Å². The number of anilines is 1. The molecule has 6 nitrogen and oxygen atoms in total. The van der Waals surface area contributed by atoms with E-state index < -0.39 is 0 Å². The summed E-state index contributed by atoms with van der Waals surface area (Å²) >= 11 is 1.33. The van der Waals surface area contributed by atoms with Crippen molar-refractivity contribution in [2.24, 2.45) is 5.10 Å². The lowest BCUT2D eigenvalue weighted by Gasteiger charge is -2.07. The average molecular weight is 410 g/mol. The quantitative estimate of drug-likeness (QED) is 0.448. The van der Waals surface area contributed by atoms with E-state index in [9.17, 15) is 4.79 Å². The number of para-hydroxylation sites is 1. The summed E-state index contributed by atoms with van der Waals surface area (Å²) in [5.41, 5.74) is 11.8. The van der Waals surface area contributed by atoms with Crippen molar-refractivity contribution in [1.82, 2.24) is 5.43 Å². The maximum Gasteiger partial charge on any atom is 0.283 e. The molecule has 0 fully saturated rings. The van der Waals surface area contributed by atoms with Gasteiger partial charge < -0.3 is 15.2 Å². The van der Waals surface area contributed by atoms with Crippen LogP contribution in [-0.2, 0) is 6.42 Å². The van der Waals surface area contributed by atoms with Crippen molar-refractivity contribution >= 4 is 28.6 Å². The fraction of sp³-hybridized carbons (Fsp3) is 0.182. The molecule has 0 aliphatic heterocycles. The highest BCUT2D eigenvalue weighted by atomic mass is 32.1. The molecule has 0 atom stereocenters. The van der Waals surface area contributed by atoms with Crippen LogP contribution in [-0.4, -0.2) is 25.8 Å². The van der Waals surface area contributed by atoms with Crippen LogP contribution in [0.25, 0.3) is 10.4 Å². The van der Waals surface area contributed by atoms with E-state index in [4.69, 9.17) is 15.2 Å². The van der Waals surface area contributed by atoms with E-state index in [1.165, 1.54) is 11.3 Å². The van der Waals surface area contributed by atoms with Crippen molar-refractivity contribution in [2.45, 2.75) is 13.3 Å². The number of hydrogen-bond donors (Lipinski definition) is 2. The third-order valence-corrected chi connectivity index (χ3v) is 5.53. The minimum atomic E-state index is -0.327. The molecule has 29 heavy (non-hydrogen) atoms. The van der Waals surface area contributed by atoms with E-state index in [0.29, 0.717) is 17.0 Å². The number of ether oxygens (including phenoxy) is 2. The summed E-state index contributed by atoms with van der Waals surface area (Å²) in [6.45, 7) is 1.85. The Hall–Kier alpha value is -3.32. The number of hydrogen-bond acceptors (Lipinski definition) is 6. The van der Waals surface area contributed by atoms with E-state index in [1.807, 2.05) is 55.5 Å². The maximum atomic E-state index is 12.6. The second-order valence-electron chi connectivity index (χ2n) is 6.40. The summed E-state index contributed by atoms with van der Waals surface area (Å²) < 4.78 is 10.5. The number of amides is 1. The van der Waals surface area contributed by atoms with Crippen molar-refractivity contribution in [3.05, 3.63) is 65.0 Å². The first-order valence-corrected chi connectivity index (χ1v) is 9.82. The number of nitrogens with zero attached hydrogens (tertiary/aromatic N) is 1. The first kappa shape index (κ1) is 20.4. The van der Waals surface area contributed by atoms with Crippen LogP contribution in [0.3, 0.4) is 0 Å². The Morgan fingerprint density at radius 2 is 1.83 bits per heavy atom. The Morgan fingerprint density at radius 3 is 2.52 bits per heavy atom. The second kappa shape index (κ2) is 9.25. The zero-order chi connectivity index (χ0) is 20.8. The predicted octanol–water partition coefficient (Wildman–Crippen LogP) is 4.36. The van der Waals surface area contributed by atoms with Crippen LogP contribution in [0.5, 0.6) is 11.5 Å². The van der Waals surface area contributed by atoms with Crippen LogP contribution in [0.4, 0.5) is 5.69 Å². The molecule has 0 saturated carbocycles. The number of nitrogens with two attached hydrogens (primary N) is 1. The summed E-state index contributed by atoms with van der Waals surface area (Å²) in [5, 5.41) is 4.21. The SMILES string of the molecule is COc1ccc(-c2cc(N)c(C(=O)N/N=C(/C)Cc3ccccc3OC)s2)cc1. The monoisotopic (exact) mass is 409 g/mol. The maximum absolute atomic E-state index is 12.6. The van der Waals surface area contributed by atoms with Crippen molar-refractivity contribution in [1.29, 1.82) is 0 Å². The minimum absolute atomic E-state index is 0.327. The molecule has 0 unspecified atom stereocenters. The molecule has 0 aliphatic rings. The number of carbonyl (C=O) groups excluding carboxylic acids is 1. The van der Waals surface area contributed by atoms with Gasteiger partial charge in [-0.2, -0.15) is 5.10 Å². The fourth-order valence-corrected chi connectivity index (χ4v) is 3.82. The standard InChI is InChI=1S/C22H23N3O3S/c1-14(12-16-6-4-5-7-19(16)28-3)24-25-22(26)21-18(23)13-20(29-21)15-8-10-17(27-2)11-9-15/h4-11,13H,12,23H2,1-3H3,(H,25,26)/b24-14-. The molecule has 1 amide bonds. The lowest BCUT2D eigenvalue weighted by Crippen LogP contribution is -2.19. The lowest BCUT2D eigenvalue weighted by molar-refractivity contribution is 0.0959. The Balaban J connectivity index is 1.70. The molecule has 1 aromatic heterocycles. The molecule has 0 aliphatic carbocycles. The normalized spacial score (nSPS) is 11.2. The van der Waals surface area contributed by atoms with Gasteiger partial charge in [0.2, 0.25) is 0 Å². The number of thiophene rings is 1. The summed E-state index contributed by atoms with van der Waals surface area (Å²) in [5.74, 6) is 1.24. The van der Waals surface area contributed by atoms with E-state index >= 15 is 0 Å². The Bertz CT molecular complexity index is 1030. The number of benzene rings is 2. The van der Waals surface area contributed by atoms with Gasteiger partial charge in [-0.1, -0.05) is 18.2 Å². The molecule has 0 spiro atoms. The van der Waals surface area contributed by atoms with Gasteiger partial charge in [0.15, 0.2) is 0 Å². The molecule has 7 heteroatoms. The van der Waals surface area contributed by atoms with E-state index in [1.54, 1.807) is 20.3 Å². The summed E-state index contributed by atoms with van der Waals surface area (Å²) in [6, 6.07) is 17.1. The highest BCUT2D eigenvalue weighted by molar-refractivity contribution is 7.18. The topological polar surface area (TPSA) is 85.9 Å². The molecule has 150 valence electrons. The summed E-state index contributed by atoms with van der Waals surface area (Å²) in [4.78, 5) is 13.9. The zero-order valence-electron chi connectivity index (χ0n) is 16.6. The lowest BCUT2D eigenvalue weighted by atomic mass is 10.1. The van der Waals surface area contributed by atoms with Crippen LogP contribution in [0.1, 0.15) is 22.2 Å². The number of carbonyl (C=O) groups is 1. The largest absolute Gasteiger partial charge is 0.497 e. The van der Waals surface area contributed by atoms with Crippen LogP contribution >= 0.6 is 11.3 Å². The van der Waals surface area contributed by atoms with Crippen molar-refractivity contribution in [3.8, 4) is 21.9 Å². The molecular formula is C22H23N3O3S. The van der Waals surface area contributed by atoms with Crippen LogP contribution in [0.2, 0.25) is 0 Å². The fourth-order valence-electron chi connectivity index (χ4n) is 2.84. The van der Waals surface area contributed by atoms with Gasteiger partial charge in [0, 0.05) is 17.0 Å². The highest BCUT2D eigenvalue weighted by Crippen LogP contribution is 2.34. The van der Waals surface area contributed by atoms with Crippen molar-refractivity contribution in [2.75, 3.05) is 20.0 Å². The molecule has 2 aromatic carbocycles. The first-order chi connectivity index (χ1) is 14.0. The number of methoxy groups -OCH3 is 2. The van der Waals surface area contributed by atoms with Gasteiger partial charge in [0.05, 0.1) is 19.9 Å². The van der Waals surface area contributed by atoms with Gasteiger partial charge in [-0.3, -0.25) is 4.79 Å². The smallest absolute Gasteiger partial charge is 0.283 e. The van der Waals surface area contributed by atoms with Crippen LogP contribution in [0.15, 0.2) is 59.7 Å². The molecule has 0 saturated heterocycles. The van der Waals surface area contributed by atoms with Crippen molar-refractivity contribution < 1.29 is 14.3 Å². The van der Waals surface area contributed by atoms with Gasteiger partial charge >= 0.3 is 0 Å². The van der Waals surface area contributed by atoms with Gasteiger partial charge in [-0.15, -0.1) is 11.3 Å². The molecular weight excluding hydrogens is 386 g/mol. The van der Waals surface area contributed by atoms with E-state index in [0.717, 1.165) is 33.2 Å². The minimum Gasteiger partial charge on any atom is -0.497 e. The van der Waals surface area contributed by atoms with Gasteiger partial charge in [-0.05, 0) is 54.4 Å². The number of rotatable bonds is 7. The van der Waals surface area contributed by atoms with Crippen LogP contribution < -0.4 is 20.6 Å². The molecule has 0 bridgehead atoms. The summed E-state index contributed by atoms with van der Waals surface area (Å²) in [7, 11) is 3.25. The van der Waals surface area contributed by atoms with Gasteiger partial charge in [0.1, 0.15) is 16.4 Å². The Labute approximate surface area is 174 Å². The molecule has 0 radical (unpaired) electrons. The average Bonchev–Trinajstić information content (AvgIpc) is 3.14. The third-order valence-electron chi connectivity index (χ3n) is 4.33. The highest BCUT2D eigenvalue weighted by Gasteiger charge is 2.15. The third kappa shape index (κ3) is 4.94. The van der Waals surface area contributed by atoms with E-state index in [2.05, 4.69) is 10.5 Å². The molecule has 3 aromatic rings. The zero-order valence-corrected chi connectivity index (χ0v) is 17.4. The second-order valence-corrected chi connectivity index (χ2v) is 7.45. The van der Waals surface area contributed by atoms with E-state index in [-0.39, 0.29) is 5.91 Å². The molecule has 3 N–H and O–H groups in total. The molecule has 1 heterocycles. The first-order valence-electron chi connectivity index (χ1n) is 9.01. The number of hydrazone groups is 1. The Morgan fingerprint density at radius 1 is 1.10 bits per heavy atom. The van der Waals surface area contributed by atoms with Gasteiger partial charge in [0.25, 0.3) is 5.91 Å². The molecule has 3 rings (SSSR count). The predicted molar refractivity (Wildman–Crippen MR) is 118 cm³/mol. The number of nitrogen functional groups attached to an aromatic ring is 1. The summed E-state index contributed by atoms with van der Waals surface area (Å²) in [6.07, 6.45) is 0.571. The van der Waals surface area contributed by atoms with Crippen molar-refractivity contribution in [3.63, 3.8) is 0 Å². The van der Waals surface area contributed by atoms with Crippen LogP contribution in [0, 0.1) is 0 Å². The Kier molecular flexibility index (Phi) is 6.51. The number of nitrogens with one attached hydrogen (secondary N) is 1.